The van der Waals surface area contributed by atoms with Gasteiger partial charge in [0.15, 0.2) is 0 Å². The molecule has 20 heavy (non-hydrogen) atoms. The molecule has 1 aromatic rings. The van der Waals surface area contributed by atoms with Gasteiger partial charge >= 0.3 is 5.97 Å². The number of nitrogens with one attached hydrogen (secondary N) is 1. The van der Waals surface area contributed by atoms with Crippen LogP contribution in [-0.2, 0) is 4.79 Å². The molecule has 0 fully saturated rings. The Kier molecular flexibility index (Phi) is 4.02. The molecular weight excluding hydrogens is 265 g/mol. The number of carboxylic acids is 1. The lowest BCUT2D eigenvalue weighted by Crippen LogP contribution is -2.19. The number of phenols is 1. The zero-order chi connectivity index (χ0) is 14.7. The van der Waals surface area contributed by atoms with Gasteiger partial charge in [0.1, 0.15) is 17.5 Å². The fourth-order valence-electron chi connectivity index (χ4n) is 2.05. The zero-order valence-corrected chi connectivity index (χ0v) is 10.6. The van der Waals surface area contributed by atoms with Crippen molar-refractivity contribution in [1.82, 2.24) is 0 Å². The first kappa shape index (κ1) is 14.0. The van der Waals surface area contributed by atoms with Crippen molar-refractivity contribution in [3.05, 3.63) is 35.4 Å². The van der Waals surface area contributed by atoms with Crippen LogP contribution in [0.15, 0.2) is 29.8 Å². The Bertz CT molecular complexity index is 583. The summed E-state index contributed by atoms with van der Waals surface area (Å²) in [6.45, 7) is 0. The third-order valence-corrected chi connectivity index (χ3v) is 3.09. The van der Waals surface area contributed by atoms with Gasteiger partial charge < -0.3 is 15.5 Å². The molecule has 0 spiro atoms. The lowest BCUT2D eigenvalue weighted by molar-refractivity contribution is -0.113. The normalized spacial score (nSPS) is 18.2. The predicted molar refractivity (Wildman–Crippen MR) is 70.5 cm³/mol. The molecule has 0 aliphatic heterocycles. The van der Waals surface area contributed by atoms with Gasteiger partial charge in [0.05, 0.1) is 0 Å². The number of anilines is 1. The number of carbonyl (C=O) groups excluding carboxylic acids is 1. The Hall–Kier alpha value is -2.37. The molecule has 0 bridgehead atoms. The van der Waals surface area contributed by atoms with Crippen LogP contribution < -0.4 is 5.32 Å². The van der Waals surface area contributed by atoms with E-state index >= 15 is 0 Å². The summed E-state index contributed by atoms with van der Waals surface area (Å²) in [6, 6.07) is 3.72. The molecule has 3 N–H and O–H groups in total. The number of amides is 1. The summed E-state index contributed by atoms with van der Waals surface area (Å²) in [6.07, 6.45) is 1.70. The Balaban J connectivity index is 2.10. The highest BCUT2D eigenvalue weighted by Crippen LogP contribution is 2.25. The standard InChI is InChI=1S/C14H14FNO4/c15-9-3-1-2-8(6-9)13(18)16-10-4-5-11(14(19)20)12(17)7-10/h2,4-5,7,9,17H,1,3,6H2,(H,16,18)(H,19,20). The summed E-state index contributed by atoms with van der Waals surface area (Å²) < 4.78 is 13.2. The highest BCUT2D eigenvalue weighted by Gasteiger charge is 2.20. The number of aromatic hydroxyl groups is 1. The number of aromatic carboxylic acids is 1. The van der Waals surface area contributed by atoms with Crippen molar-refractivity contribution >= 4 is 17.6 Å². The molecule has 1 unspecified atom stereocenters. The number of carboxylic acid groups (broad SMARTS) is 1. The van der Waals surface area contributed by atoms with E-state index in [-0.39, 0.29) is 17.7 Å². The third kappa shape index (κ3) is 3.14. The predicted octanol–water partition coefficient (Wildman–Crippen LogP) is 2.48. The van der Waals surface area contributed by atoms with Crippen LogP contribution >= 0.6 is 0 Å². The number of benzene rings is 1. The minimum atomic E-state index is -1.25. The van der Waals surface area contributed by atoms with E-state index in [0.717, 1.165) is 6.07 Å². The fourth-order valence-corrected chi connectivity index (χ4v) is 2.05. The molecule has 0 heterocycles. The molecule has 1 aliphatic carbocycles. The lowest BCUT2D eigenvalue weighted by atomic mass is 9.97. The molecule has 2 rings (SSSR count). The average molecular weight is 279 g/mol. The maximum Gasteiger partial charge on any atom is 0.339 e. The van der Waals surface area contributed by atoms with Crippen LogP contribution in [0.25, 0.3) is 0 Å². The van der Waals surface area contributed by atoms with E-state index in [1.54, 1.807) is 6.08 Å². The largest absolute Gasteiger partial charge is 0.507 e. The summed E-state index contributed by atoms with van der Waals surface area (Å²) >= 11 is 0. The molecule has 1 atom stereocenters. The summed E-state index contributed by atoms with van der Waals surface area (Å²) in [5.74, 6) is -2.12. The molecule has 5 nitrogen and oxygen atoms in total. The van der Waals surface area contributed by atoms with E-state index in [0.29, 0.717) is 18.4 Å². The van der Waals surface area contributed by atoms with Crippen LogP contribution in [0.4, 0.5) is 10.1 Å². The fraction of sp³-hybridized carbons (Fsp3) is 0.286. The molecule has 0 radical (unpaired) electrons. The van der Waals surface area contributed by atoms with Crippen molar-refractivity contribution in [1.29, 1.82) is 0 Å². The van der Waals surface area contributed by atoms with Crippen LogP contribution in [0.5, 0.6) is 5.75 Å². The number of carbonyl (C=O) groups is 2. The van der Waals surface area contributed by atoms with Crippen molar-refractivity contribution in [3.8, 4) is 5.75 Å². The van der Waals surface area contributed by atoms with Crippen LogP contribution in [0.3, 0.4) is 0 Å². The molecular formula is C14H14FNO4. The number of allylic oxidation sites excluding steroid dienone is 1. The molecule has 0 saturated carbocycles. The topological polar surface area (TPSA) is 86.6 Å². The molecule has 6 heteroatoms. The van der Waals surface area contributed by atoms with E-state index in [1.807, 2.05) is 0 Å². The number of halogens is 1. The van der Waals surface area contributed by atoms with Crippen molar-refractivity contribution in [2.24, 2.45) is 0 Å². The van der Waals surface area contributed by atoms with Gasteiger partial charge in [0.25, 0.3) is 5.91 Å². The van der Waals surface area contributed by atoms with Gasteiger partial charge in [-0.3, -0.25) is 4.79 Å². The number of hydrogen-bond acceptors (Lipinski definition) is 3. The Morgan fingerprint density at radius 1 is 1.35 bits per heavy atom. The van der Waals surface area contributed by atoms with Gasteiger partial charge in [-0.05, 0) is 25.0 Å². The SMILES string of the molecule is O=C(Nc1ccc(C(=O)O)c(O)c1)C1=CCCC(F)C1. The van der Waals surface area contributed by atoms with Crippen LogP contribution in [-0.4, -0.2) is 28.3 Å². The summed E-state index contributed by atoms with van der Waals surface area (Å²) in [5, 5.41) is 20.8. The smallest absolute Gasteiger partial charge is 0.339 e. The first-order valence-electron chi connectivity index (χ1n) is 6.18. The van der Waals surface area contributed by atoms with E-state index in [4.69, 9.17) is 5.11 Å². The van der Waals surface area contributed by atoms with Crippen molar-refractivity contribution in [3.63, 3.8) is 0 Å². The second kappa shape index (κ2) is 5.73. The second-order valence-electron chi connectivity index (χ2n) is 4.60. The first-order valence-corrected chi connectivity index (χ1v) is 6.18. The van der Waals surface area contributed by atoms with E-state index in [9.17, 15) is 19.1 Å². The van der Waals surface area contributed by atoms with Crippen LogP contribution in [0.2, 0.25) is 0 Å². The van der Waals surface area contributed by atoms with E-state index < -0.39 is 23.8 Å². The monoisotopic (exact) mass is 279 g/mol. The van der Waals surface area contributed by atoms with E-state index in [2.05, 4.69) is 5.32 Å². The Labute approximate surface area is 114 Å². The summed E-state index contributed by atoms with van der Waals surface area (Å²) in [7, 11) is 0. The van der Waals surface area contributed by atoms with E-state index in [1.165, 1.54) is 12.1 Å². The Morgan fingerprint density at radius 2 is 2.10 bits per heavy atom. The quantitative estimate of drug-likeness (QED) is 0.793. The van der Waals surface area contributed by atoms with Gasteiger partial charge in [0.2, 0.25) is 0 Å². The summed E-state index contributed by atoms with van der Waals surface area (Å²) in [4.78, 5) is 22.6. The van der Waals surface area contributed by atoms with Crippen molar-refractivity contribution < 1.29 is 24.2 Å². The third-order valence-electron chi connectivity index (χ3n) is 3.09. The Morgan fingerprint density at radius 3 is 2.70 bits per heavy atom. The van der Waals surface area contributed by atoms with Crippen molar-refractivity contribution in [2.45, 2.75) is 25.4 Å². The maximum atomic E-state index is 13.2. The maximum absolute atomic E-state index is 13.2. The minimum absolute atomic E-state index is 0.0744. The zero-order valence-electron chi connectivity index (χ0n) is 10.6. The number of hydrogen-bond donors (Lipinski definition) is 3. The van der Waals surface area contributed by atoms with Gasteiger partial charge in [-0.2, -0.15) is 0 Å². The van der Waals surface area contributed by atoms with Crippen LogP contribution in [0.1, 0.15) is 29.6 Å². The van der Waals surface area contributed by atoms with Gasteiger partial charge in [-0.25, -0.2) is 9.18 Å². The molecule has 1 aliphatic rings. The second-order valence-corrected chi connectivity index (χ2v) is 4.60. The average Bonchev–Trinajstić information content (AvgIpc) is 2.38. The van der Waals surface area contributed by atoms with Gasteiger partial charge in [-0.1, -0.05) is 6.08 Å². The molecule has 0 saturated heterocycles. The van der Waals surface area contributed by atoms with Gasteiger partial charge in [0, 0.05) is 23.7 Å². The van der Waals surface area contributed by atoms with Crippen LogP contribution in [0, 0.1) is 0 Å². The number of rotatable bonds is 3. The molecule has 1 aromatic carbocycles. The molecule has 0 aromatic heterocycles. The first-order chi connectivity index (χ1) is 9.47. The number of alkyl halides is 1. The van der Waals surface area contributed by atoms with Crippen molar-refractivity contribution in [2.75, 3.05) is 5.32 Å². The van der Waals surface area contributed by atoms with Gasteiger partial charge in [-0.15, -0.1) is 0 Å². The molecule has 1 amide bonds. The molecule has 106 valence electrons. The highest BCUT2D eigenvalue weighted by atomic mass is 19.1. The minimum Gasteiger partial charge on any atom is -0.507 e. The highest BCUT2D eigenvalue weighted by molar-refractivity contribution is 6.04. The lowest BCUT2D eigenvalue weighted by Gasteiger charge is -2.16. The summed E-state index contributed by atoms with van der Waals surface area (Å²) in [5.41, 5.74) is 0.383.